The van der Waals surface area contributed by atoms with Gasteiger partial charge in [0, 0.05) is 18.8 Å². The third-order valence-corrected chi connectivity index (χ3v) is 2.78. The molecule has 0 saturated carbocycles. The van der Waals surface area contributed by atoms with Crippen molar-refractivity contribution in [1.29, 1.82) is 0 Å². The van der Waals surface area contributed by atoms with E-state index in [9.17, 15) is 4.79 Å². The Kier molecular flexibility index (Phi) is 4.73. The van der Waals surface area contributed by atoms with Crippen molar-refractivity contribution >= 4 is 5.91 Å². The Labute approximate surface area is 122 Å². The molecule has 6 heteroatoms. The van der Waals surface area contributed by atoms with Crippen LogP contribution in [0.25, 0.3) is 0 Å². The highest BCUT2D eigenvalue weighted by Gasteiger charge is 2.09. The van der Waals surface area contributed by atoms with E-state index in [0.717, 1.165) is 5.56 Å². The minimum Gasteiger partial charge on any atom is -0.490 e. The zero-order chi connectivity index (χ0) is 15.2. The second kappa shape index (κ2) is 6.71. The number of aromatic nitrogens is 1. The summed E-state index contributed by atoms with van der Waals surface area (Å²) >= 11 is 0. The summed E-state index contributed by atoms with van der Waals surface area (Å²) in [7, 11) is 0. The molecule has 0 radical (unpaired) electrons. The molecule has 1 aromatic carbocycles. The molecule has 0 aliphatic carbocycles. The first-order chi connectivity index (χ1) is 10.1. The number of carbonyl (C=O) groups is 1. The molecule has 4 N–H and O–H groups in total. The highest BCUT2D eigenvalue weighted by molar-refractivity contribution is 5.92. The van der Waals surface area contributed by atoms with Crippen LogP contribution in [0, 0.1) is 0 Å². The van der Waals surface area contributed by atoms with Crippen molar-refractivity contribution in [1.82, 2.24) is 4.98 Å². The van der Waals surface area contributed by atoms with E-state index < -0.39 is 5.91 Å². The lowest BCUT2D eigenvalue weighted by molar-refractivity contribution is 0.1000. The van der Waals surface area contributed by atoms with Crippen molar-refractivity contribution in [3.63, 3.8) is 0 Å². The maximum absolute atomic E-state index is 11.0. The molecule has 6 nitrogen and oxygen atoms in total. The minimum atomic E-state index is -0.531. The van der Waals surface area contributed by atoms with Crippen molar-refractivity contribution in [2.45, 2.75) is 13.5 Å². The number of benzene rings is 1. The number of rotatable bonds is 6. The highest BCUT2D eigenvalue weighted by atomic mass is 16.5. The molecular formula is C15H17N3O3. The van der Waals surface area contributed by atoms with Gasteiger partial charge < -0.3 is 20.9 Å². The largest absolute Gasteiger partial charge is 0.490 e. The fourth-order valence-electron chi connectivity index (χ4n) is 1.73. The lowest BCUT2D eigenvalue weighted by Gasteiger charge is -2.12. The van der Waals surface area contributed by atoms with Crippen molar-refractivity contribution in [3.8, 4) is 17.4 Å². The number of pyridine rings is 1. The topological polar surface area (TPSA) is 100 Å². The summed E-state index contributed by atoms with van der Waals surface area (Å²) < 4.78 is 11.2. The number of amides is 1. The first-order valence-corrected chi connectivity index (χ1v) is 6.53. The number of nitrogens with zero attached hydrogens (tertiary/aromatic N) is 1. The van der Waals surface area contributed by atoms with Crippen LogP contribution in [0.4, 0.5) is 0 Å². The van der Waals surface area contributed by atoms with E-state index >= 15 is 0 Å². The van der Waals surface area contributed by atoms with Crippen molar-refractivity contribution in [3.05, 3.63) is 47.7 Å². The predicted molar refractivity (Wildman–Crippen MR) is 78.3 cm³/mol. The molecule has 0 spiro atoms. The van der Waals surface area contributed by atoms with Crippen LogP contribution >= 0.6 is 0 Å². The van der Waals surface area contributed by atoms with Gasteiger partial charge in [0.1, 0.15) is 0 Å². The third-order valence-electron chi connectivity index (χ3n) is 2.78. The number of ether oxygens (including phenoxy) is 2. The minimum absolute atomic E-state index is 0.325. The molecule has 2 rings (SSSR count). The molecule has 21 heavy (non-hydrogen) atoms. The number of hydrogen-bond acceptors (Lipinski definition) is 5. The first kappa shape index (κ1) is 14.8. The molecule has 0 saturated heterocycles. The highest BCUT2D eigenvalue weighted by Crippen LogP contribution is 2.31. The Balaban J connectivity index is 2.23. The van der Waals surface area contributed by atoms with E-state index in [0.29, 0.717) is 36.1 Å². The lowest BCUT2D eigenvalue weighted by Crippen LogP contribution is -2.10. The normalized spacial score (nSPS) is 10.2. The fraction of sp³-hybridized carbons (Fsp3) is 0.200. The third kappa shape index (κ3) is 3.70. The standard InChI is InChI=1S/C15H17N3O3/c1-2-20-13-7-10(8-16)3-5-12(13)21-14-6-4-11(9-18-14)15(17)19/h3-7,9H,2,8,16H2,1H3,(H2,17,19). The lowest BCUT2D eigenvalue weighted by atomic mass is 10.2. The summed E-state index contributed by atoms with van der Waals surface area (Å²) in [4.78, 5) is 15.0. The van der Waals surface area contributed by atoms with Crippen LogP contribution in [0.15, 0.2) is 36.5 Å². The van der Waals surface area contributed by atoms with E-state index in [4.69, 9.17) is 20.9 Å². The van der Waals surface area contributed by atoms with E-state index in [1.165, 1.54) is 6.20 Å². The summed E-state index contributed by atoms with van der Waals surface area (Å²) in [5.41, 5.74) is 12.0. The number of nitrogens with two attached hydrogens (primary N) is 2. The first-order valence-electron chi connectivity index (χ1n) is 6.53. The van der Waals surface area contributed by atoms with Crippen LogP contribution in [-0.2, 0) is 6.54 Å². The van der Waals surface area contributed by atoms with Crippen LogP contribution < -0.4 is 20.9 Å². The Morgan fingerprint density at radius 1 is 1.24 bits per heavy atom. The van der Waals surface area contributed by atoms with Crippen molar-refractivity contribution in [2.24, 2.45) is 11.5 Å². The van der Waals surface area contributed by atoms with Gasteiger partial charge in [0.25, 0.3) is 0 Å². The van der Waals surface area contributed by atoms with Crippen LogP contribution in [-0.4, -0.2) is 17.5 Å². The average molecular weight is 287 g/mol. The molecule has 1 amide bonds. The second-order valence-electron chi connectivity index (χ2n) is 4.27. The number of hydrogen-bond donors (Lipinski definition) is 2. The predicted octanol–water partition coefficient (Wildman–Crippen LogP) is 1.83. The molecular weight excluding hydrogens is 270 g/mol. The van der Waals surface area contributed by atoms with Gasteiger partial charge in [0.15, 0.2) is 11.5 Å². The average Bonchev–Trinajstić information content (AvgIpc) is 2.49. The van der Waals surface area contributed by atoms with Gasteiger partial charge in [-0.2, -0.15) is 0 Å². The zero-order valence-electron chi connectivity index (χ0n) is 11.7. The summed E-state index contributed by atoms with van der Waals surface area (Å²) in [6.07, 6.45) is 1.37. The molecule has 2 aromatic rings. The molecule has 0 aliphatic heterocycles. The smallest absolute Gasteiger partial charge is 0.250 e. The second-order valence-corrected chi connectivity index (χ2v) is 4.27. The van der Waals surface area contributed by atoms with E-state index in [1.807, 2.05) is 19.1 Å². The van der Waals surface area contributed by atoms with E-state index in [2.05, 4.69) is 4.98 Å². The Morgan fingerprint density at radius 2 is 2.05 bits per heavy atom. The Hall–Kier alpha value is -2.60. The maximum Gasteiger partial charge on any atom is 0.250 e. The molecule has 0 fully saturated rings. The van der Waals surface area contributed by atoms with Gasteiger partial charge in [-0.1, -0.05) is 6.07 Å². The summed E-state index contributed by atoms with van der Waals surface area (Å²) in [6, 6.07) is 8.59. The van der Waals surface area contributed by atoms with Crippen LogP contribution in [0.3, 0.4) is 0 Å². The molecule has 0 aliphatic rings. The van der Waals surface area contributed by atoms with Gasteiger partial charge in [-0.3, -0.25) is 4.79 Å². The van der Waals surface area contributed by atoms with Crippen LogP contribution in [0.1, 0.15) is 22.8 Å². The van der Waals surface area contributed by atoms with Gasteiger partial charge >= 0.3 is 0 Å². The molecule has 110 valence electrons. The molecule has 0 atom stereocenters. The van der Waals surface area contributed by atoms with Gasteiger partial charge in [-0.15, -0.1) is 0 Å². The summed E-state index contributed by atoms with van der Waals surface area (Å²) in [6.45, 7) is 2.82. The van der Waals surface area contributed by atoms with Crippen LogP contribution in [0.5, 0.6) is 17.4 Å². The summed E-state index contributed by atoms with van der Waals surface area (Å²) in [5.74, 6) is 0.951. The fourth-order valence-corrected chi connectivity index (χ4v) is 1.73. The monoisotopic (exact) mass is 287 g/mol. The Morgan fingerprint density at radius 3 is 2.62 bits per heavy atom. The number of carbonyl (C=O) groups excluding carboxylic acids is 1. The van der Waals surface area contributed by atoms with E-state index in [-0.39, 0.29) is 0 Å². The van der Waals surface area contributed by atoms with E-state index in [1.54, 1.807) is 18.2 Å². The van der Waals surface area contributed by atoms with Gasteiger partial charge in [0.05, 0.1) is 12.2 Å². The van der Waals surface area contributed by atoms with Crippen LogP contribution in [0.2, 0.25) is 0 Å². The quantitative estimate of drug-likeness (QED) is 0.844. The SMILES string of the molecule is CCOc1cc(CN)ccc1Oc1ccc(C(N)=O)cn1. The van der Waals surface area contributed by atoms with Gasteiger partial charge in [-0.25, -0.2) is 4.98 Å². The number of primary amides is 1. The maximum atomic E-state index is 11.0. The molecule has 0 unspecified atom stereocenters. The van der Waals surface area contributed by atoms with Gasteiger partial charge in [0.2, 0.25) is 11.8 Å². The molecule has 0 bridgehead atoms. The molecule has 1 aromatic heterocycles. The van der Waals surface area contributed by atoms with Crippen molar-refractivity contribution < 1.29 is 14.3 Å². The summed E-state index contributed by atoms with van der Waals surface area (Å²) in [5, 5.41) is 0. The van der Waals surface area contributed by atoms with Crippen molar-refractivity contribution in [2.75, 3.05) is 6.61 Å². The molecule has 1 heterocycles. The zero-order valence-corrected chi connectivity index (χ0v) is 11.7. The van der Waals surface area contributed by atoms with Gasteiger partial charge in [-0.05, 0) is 30.7 Å². The Bertz CT molecular complexity index is 627.